The van der Waals surface area contributed by atoms with Gasteiger partial charge in [-0.1, -0.05) is 67.6 Å². The van der Waals surface area contributed by atoms with E-state index in [2.05, 4.69) is 51.3 Å². The van der Waals surface area contributed by atoms with Gasteiger partial charge in [-0.25, -0.2) is 9.97 Å². The SMILES string of the molecule is CCN(CCNC(=O)C1CCCN(c2ccnc(-c3ccccc3)n2)C1)Cc1ccccc1. The molecule has 0 spiro atoms. The first kappa shape index (κ1) is 22.9. The number of carbonyl (C=O) groups is 1. The van der Waals surface area contributed by atoms with Crippen LogP contribution in [-0.4, -0.2) is 53.5 Å². The number of hydrogen-bond acceptors (Lipinski definition) is 5. The zero-order valence-corrected chi connectivity index (χ0v) is 19.4. The number of nitrogens with zero attached hydrogens (tertiary/aromatic N) is 4. The van der Waals surface area contributed by atoms with E-state index < -0.39 is 0 Å². The summed E-state index contributed by atoms with van der Waals surface area (Å²) in [6.45, 7) is 7.15. The van der Waals surface area contributed by atoms with Crippen LogP contribution in [0.2, 0.25) is 0 Å². The minimum atomic E-state index is -0.0157. The second-order valence-electron chi connectivity index (χ2n) is 8.54. The molecule has 3 aromatic rings. The maximum absolute atomic E-state index is 12.9. The third kappa shape index (κ3) is 6.39. The fourth-order valence-corrected chi connectivity index (χ4v) is 4.32. The molecule has 6 heteroatoms. The van der Waals surface area contributed by atoms with Crippen molar-refractivity contribution in [1.82, 2.24) is 20.2 Å². The first-order valence-corrected chi connectivity index (χ1v) is 11.9. The van der Waals surface area contributed by atoms with Crippen LogP contribution in [-0.2, 0) is 11.3 Å². The number of likely N-dealkylation sites (N-methyl/N-ethyl adjacent to an activating group) is 1. The van der Waals surface area contributed by atoms with Crippen LogP contribution in [0.4, 0.5) is 5.82 Å². The fraction of sp³-hybridized carbons (Fsp3) is 0.370. The lowest BCUT2D eigenvalue weighted by molar-refractivity contribution is -0.125. The van der Waals surface area contributed by atoms with Crippen LogP contribution in [0.1, 0.15) is 25.3 Å². The van der Waals surface area contributed by atoms with Gasteiger partial charge in [-0.15, -0.1) is 0 Å². The molecule has 2 aromatic carbocycles. The molecule has 1 N–H and O–H groups in total. The molecule has 1 saturated heterocycles. The highest BCUT2D eigenvalue weighted by molar-refractivity contribution is 5.79. The molecule has 2 heterocycles. The van der Waals surface area contributed by atoms with Crippen molar-refractivity contribution in [1.29, 1.82) is 0 Å². The maximum Gasteiger partial charge on any atom is 0.224 e. The largest absolute Gasteiger partial charge is 0.356 e. The Kier molecular flexibility index (Phi) is 8.04. The van der Waals surface area contributed by atoms with E-state index in [1.54, 1.807) is 6.20 Å². The summed E-state index contributed by atoms with van der Waals surface area (Å²) in [7, 11) is 0. The highest BCUT2D eigenvalue weighted by Crippen LogP contribution is 2.23. The van der Waals surface area contributed by atoms with Crippen molar-refractivity contribution in [2.45, 2.75) is 26.3 Å². The first-order chi connectivity index (χ1) is 16.2. The Hall–Kier alpha value is -3.25. The van der Waals surface area contributed by atoms with Gasteiger partial charge in [0.1, 0.15) is 5.82 Å². The molecule has 1 aliphatic rings. The maximum atomic E-state index is 12.9. The second-order valence-corrected chi connectivity index (χ2v) is 8.54. The monoisotopic (exact) mass is 443 g/mol. The molecule has 1 amide bonds. The summed E-state index contributed by atoms with van der Waals surface area (Å²) in [6, 6.07) is 22.4. The number of hydrogen-bond donors (Lipinski definition) is 1. The van der Waals surface area contributed by atoms with E-state index in [1.165, 1.54) is 5.56 Å². The van der Waals surface area contributed by atoms with Crippen LogP contribution in [0, 0.1) is 5.92 Å². The Morgan fingerprint density at radius 3 is 2.61 bits per heavy atom. The average molecular weight is 444 g/mol. The Bertz CT molecular complexity index is 1010. The number of anilines is 1. The highest BCUT2D eigenvalue weighted by atomic mass is 16.1. The van der Waals surface area contributed by atoms with E-state index in [9.17, 15) is 4.79 Å². The number of amides is 1. The highest BCUT2D eigenvalue weighted by Gasteiger charge is 2.26. The minimum absolute atomic E-state index is 0.0157. The van der Waals surface area contributed by atoms with Gasteiger partial charge in [0.15, 0.2) is 5.82 Å². The van der Waals surface area contributed by atoms with E-state index in [0.29, 0.717) is 13.1 Å². The standard InChI is InChI=1S/C27H33N5O/c1-2-31(20-22-10-5-3-6-11-22)19-17-29-27(33)24-14-9-18-32(21-24)25-15-16-28-26(30-25)23-12-7-4-8-13-23/h3-8,10-13,15-16,24H,2,9,14,17-21H2,1H3,(H,29,33). The molecule has 6 nitrogen and oxygen atoms in total. The van der Waals surface area contributed by atoms with Gasteiger partial charge in [0, 0.05) is 44.5 Å². The lowest BCUT2D eigenvalue weighted by atomic mass is 9.97. The molecule has 1 atom stereocenters. The molecule has 1 unspecified atom stereocenters. The number of carbonyl (C=O) groups excluding carboxylic acids is 1. The normalized spacial score (nSPS) is 16.1. The Morgan fingerprint density at radius 1 is 1.09 bits per heavy atom. The smallest absolute Gasteiger partial charge is 0.224 e. The van der Waals surface area contributed by atoms with Gasteiger partial charge in [-0.2, -0.15) is 0 Å². The van der Waals surface area contributed by atoms with Crippen molar-refractivity contribution in [3.05, 3.63) is 78.5 Å². The summed E-state index contributed by atoms with van der Waals surface area (Å²) in [4.78, 5) is 26.7. The third-order valence-electron chi connectivity index (χ3n) is 6.21. The predicted octanol–water partition coefficient (Wildman–Crippen LogP) is 4.00. The Labute approximate surface area is 196 Å². The summed E-state index contributed by atoms with van der Waals surface area (Å²) in [5.41, 5.74) is 2.30. The van der Waals surface area contributed by atoms with Crippen LogP contribution in [0.3, 0.4) is 0 Å². The summed E-state index contributed by atoms with van der Waals surface area (Å²) in [5, 5.41) is 3.17. The first-order valence-electron chi connectivity index (χ1n) is 11.9. The Balaban J connectivity index is 1.30. The molecular formula is C27H33N5O. The number of rotatable bonds is 9. The molecule has 0 saturated carbocycles. The third-order valence-corrected chi connectivity index (χ3v) is 6.21. The summed E-state index contributed by atoms with van der Waals surface area (Å²) < 4.78 is 0. The summed E-state index contributed by atoms with van der Waals surface area (Å²) in [5.74, 6) is 1.74. The summed E-state index contributed by atoms with van der Waals surface area (Å²) >= 11 is 0. The Morgan fingerprint density at radius 2 is 1.85 bits per heavy atom. The van der Waals surface area contributed by atoms with Crippen molar-refractivity contribution in [3.8, 4) is 11.4 Å². The van der Waals surface area contributed by atoms with E-state index in [4.69, 9.17) is 4.98 Å². The second kappa shape index (κ2) is 11.6. The molecular weight excluding hydrogens is 410 g/mol. The van der Waals surface area contributed by atoms with Gasteiger partial charge in [0.05, 0.1) is 5.92 Å². The number of piperidine rings is 1. The zero-order chi connectivity index (χ0) is 22.9. The van der Waals surface area contributed by atoms with Gasteiger partial charge in [0.25, 0.3) is 0 Å². The van der Waals surface area contributed by atoms with E-state index >= 15 is 0 Å². The molecule has 1 fully saturated rings. The van der Waals surface area contributed by atoms with Gasteiger partial charge >= 0.3 is 0 Å². The van der Waals surface area contributed by atoms with E-state index in [0.717, 1.165) is 56.2 Å². The number of nitrogens with one attached hydrogen (secondary N) is 1. The molecule has 0 radical (unpaired) electrons. The van der Waals surface area contributed by atoms with Crippen molar-refractivity contribution in [3.63, 3.8) is 0 Å². The molecule has 172 valence electrons. The van der Waals surface area contributed by atoms with Crippen molar-refractivity contribution in [2.75, 3.05) is 37.6 Å². The van der Waals surface area contributed by atoms with Gasteiger partial charge in [-0.05, 0) is 31.0 Å². The molecule has 1 aromatic heterocycles. The van der Waals surface area contributed by atoms with Crippen LogP contribution in [0.5, 0.6) is 0 Å². The van der Waals surface area contributed by atoms with E-state index in [-0.39, 0.29) is 11.8 Å². The average Bonchev–Trinajstić information content (AvgIpc) is 2.89. The molecule has 0 bridgehead atoms. The topological polar surface area (TPSA) is 61.4 Å². The lowest BCUT2D eigenvalue weighted by Gasteiger charge is -2.33. The lowest BCUT2D eigenvalue weighted by Crippen LogP contribution is -2.45. The molecule has 0 aliphatic carbocycles. The fourth-order valence-electron chi connectivity index (χ4n) is 4.32. The predicted molar refractivity (Wildman–Crippen MR) is 133 cm³/mol. The molecule has 4 rings (SSSR count). The van der Waals surface area contributed by atoms with Crippen LogP contribution in [0.25, 0.3) is 11.4 Å². The van der Waals surface area contributed by atoms with Crippen molar-refractivity contribution < 1.29 is 4.79 Å². The van der Waals surface area contributed by atoms with Crippen molar-refractivity contribution >= 4 is 11.7 Å². The van der Waals surface area contributed by atoms with Crippen LogP contribution < -0.4 is 10.2 Å². The quantitative estimate of drug-likeness (QED) is 0.542. The van der Waals surface area contributed by atoms with Crippen LogP contribution >= 0.6 is 0 Å². The summed E-state index contributed by atoms with van der Waals surface area (Å²) in [6.07, 6.45) is 3.71. The van der Waals surface area contributed by atoms with Gasteiger partial charge in [0.2, 0.25) is 5.91 Å². The molecule has 33 heavy (non-hydrogen) atoms. The zero-order valence-electron chi connectivity index (χ0n) is 19.4. The minimum Gasteiger partial charge on any atom is -0.356 e. The van der Waals surface area contributed by atoms with Crippen LogP contribution in [0.15, 0.2) is 72.9 Å². The molecule has 1 aliphatic heterocycles. The van der Waals surface area contributed by atoms with E-state index in [1.807, 2.05) is 42.5 Å². The van der Waals surface area contributed by atoms with Crippen molar-refractivity contribution in [2.24, 2.45) is 5.92 Å². The number of aromatic nitrogens is 2. The van der Waals surface area contributed by atoms with Gasteiger partial charge < -0.3 is 10.2 Å². The van der Waals surface area contributed by atoms with Gasteiger partial charge in [-0.3, -0.25) is 9.69 Å². The number of benzene rings is 2.